The molecule has 0 radical (unpaired) electrons. The molecule has 64 valence electrons. The molecule has 1 aliphatic heterocycles. The first kappa shape index (κ1) is 9.07. The van der Waals surface area contributed by atoms with Crippen LogP contribution in [0.3, 0.4) is 0 Å². The number of thioether (sulfide) groups is 1. The van der Waals surface area contributed by atoms with E-state index in [1.807, 2.05) is 13.8 Å². The maximum Gasteiger partial charge on any atom is 0.145 e. The number of hydrogen-bond acceptors (Lipinski definition) is 3. The van der Waals surface area contributed by atoms with E-state index >= 15 is 0 Å². The number of ether oxygens (including phenoxy) is 1. The molecule has 1 heterocycles. The molecule has 2 nitrogen and oxygen atoms in total. The van der Waals surface area contributed by atoms with E-state index in [1.54, 1.807) is 11.8 Å². The quantitative estimate of drug-likeness (QED) is 0.643. The number of ketones is 1. The Morgan fingerprint density at radius 2 is 2.27 bits per heavy atom. The van der Waals surface area contributed by atoms with Crippen molar-refractivity contribution in [2.45, 2.75) is 19.1 Å². The number of carbonyl (C=O) groups excluding carboxylic acids is 1. The molecule has 0 unspecified atom stereocenters. The molecule has 1 aliphatic rings. The number of carbonyl (C=O) groups is 1. The molecule has 0 aromatic carbocycles. The number of rotatable bonds is 4. The maximum absolute atomic E-state index is 11.1. The zero-order valence-electron chi connectivity index (χ0n) is 7.00. The van der Waals surface area contributed by atoms with Gasteiger partial charge in [-0.2, -0.15) is 0 Å². The van der Waals surface area contributed by atoms with Crippen LogP contribution < -0.4 is 0 Å². The lowest BCUT2D eigenvalue weighted by Gasteiger charge is -2.25. The third-order valence-electron chi connectivity index (χ3n) is 1.71. The summed E-state index contributed by atoms with van der Waals surface area (Å²) in [6.45, 7) is 5.55. The molecule has 0 amide bonds. The Balaban J connectivity index is 2.06. The van der Waals surface area contributed by atoms with E-state index in [9.17, 15) is 4.79 Å². The van der Waals surface area contributed by atoms with Crippen molar-refractivity contribution in [3.8, 4) is 0 Å². The average Bonchev–Trinajstić information content (AvgIpc) is 1.83. The van der Waals surface area contributed by atoms with Crippen LogP contribution >= 0.6 is 11.8 Å². The zero-order valence-corrected chi connectivity index (χ0v) is 7.82. The Morgan fingerprint density at radius 3 is 2.64 bits per heavy atom. The summed E-state index contributed by atoms with van der Waals surface area (Å²) in [6, 6.07) is 0. The summed E-state index contributed by atoms with van der Waals surface area (Å²) in [5.74, 6) is 1.19. The Labute approximate surface area is 71.7 Å². The second kappa shape index (κ2) is 4.12. The second-order valence-electron chi connectivity index (χ2n) is 3.09. The fourth-order valence-corrected chi connectivity index (χ4v) is 1.80. The molecule has 0 bridgehead atoms. The summed E-state index contributed by atoms with van der Waals surface area (Å²) in [5.41, 5.74) is 0. The maximum atomic E-state index is 11.1. The van der Waals surface area contributed by atoms with Gasteiger partial charge < -0.3 is 4.74 Å². The monoisotopic (exact) mass is 174 g/mol. The highest BCUT2D eigenvalue weighted by Crippen LogP contribution is 2.19. The summed E-state index contributed by atoms with van der Waals surface area (Å²) in [6.07, 6.45) is 0. The van der Waals surface area contributed by atoms with Crippen LogP contribution in [0.5, 0.6) is 0 Å². The minimum absolute atomic E-state index is 0.184. The molecular formula is C8H14O2S. The van der Waals surface area contributed by atoms with Gasteiger partial charge in [-0.25, -0.2) is 0 Å². The molecule has 1 fully saturated rings. The van der Waals surface area contributed by atoms with E-state index in [1.165, 1.54) is 0 Å². The summed E-state index contributed by atoms with van der Waals surface area (Å²) in [4.78, 5) is 11.1. The lowest BCUT2D eigenvalue weighted by Crippen LogP contribution is -2.31. The van der Waals surface area contributed by atoms with E-state index in [0.717, 1.165) is 13.2 Å². The van der Waals surface area contributed by atoms with Gasteiger partial charge in [0.2, 0.25) is 0 Å². The number of hydrogen-bond donors (Lipinski definition) is 0. The standard InChI is InChI=1S/C8H14O2S/c1-6(2)8(9)5-11-7-3-10-4-7/h6-7H,3-5H2,1-2H3. The molecule has 1 rings (SSSR count). The van der Waals surface area contributed by atoms with Crippen molar-refractivity contribution in [3.05, 3.63) is 0 Å². The highest BCUT2D eigenvalue weighted by molar-refractivity contribution is 8.00. The Hall–Kier alpha value is -0.0200. The van der Waals surface area contributed by atoms with Crippen LogP contribution in [0.25, 0.3) is 0 Å². The lowest BCUT2D eigenvalue weighted by atomic mass is 10.1. The van der Waals surface area contributed by atoms with Crippen LogP contribution in [0.1, 0.15) is 13.8 Å². The predicted octanol–water partition coefficient (Wildman–Crippen LogP) is 1.34. The van der Waals surface area contributed by atoms with Crippen LogP contribution in [-0.2, 0) is 9.53 Å². The average molecular weight is 174 g/mol. The van der Waals surface area contributed by atoms with Gasteiger partial charge >= 0.3 is 0 Å². The van der Waals surface area contributed by atoms with Crippen molar-refractivity contribution in [1.29, 1.82) is 0 Å². The van der Waals surface area contributed by atoms with Gasteiger partial charge in [0.15, 0.2) is 0 Å². The summed E-state index contributed by atoms with van der Waals surface area (Å²) >= 11 is 1.73. The predicted molar refractivity (Wildman–Crippen MR) is 46.9 cm³/mol. The van der Waals surface area contributed by atoms with E-state index in [2.05, 4.69) is 0 Å². The summed E-state index contributed by atoms with van der Waals surface area (Å²) in [7, 11) is 0. The van der Waals surface area contributed by atoms with Crippen molar-refractivity contribution in [1.82, 2.24) is 0 Å². The van der Waals surface area contributed by atoms with Crippen molar-refractivity contribution in [2.75, 3.05) is 19.0 Å². The summed E-state index contributed by atoms with van der Waals surface area (Å²) < 4.78 is 5.00. The van der Waals surface area contributed by atoms with Crippen molar-refractivity contribution < 1.29 is 9.53 Å². The first-order chi connectivity index (χ1) is 5.20. The highest BCUT2D eigenvalue weighted by atomic mass is 32.2. The van der Waals surface area contributed by atoms with Gasteiger partial charge in [-0.05, 0) is 0 Å². The first-order valence-electron chi connectivity index (χ1n) is 3.92. The zero-order chi connectivity index (χ0) is 8.27. The molecule has 0 atom stereocenters. The number of Topliss-reactive ketones (excluding diaryl/α,β-unsaturated/α-hetero) is 1. The normalized spacial score (nSPS) is 18.5. The molecule has 11 heavy (non-hydrogen) atoms. The molecule has 0 aromatic heterocycles. The topological polar surface area (TPSA) is 26.3 Å². The smallest absolute Gasteiger partial charge is 0.145 e. The van der Waals surface area contributed by atoms with Gasteiger partial charge in [-0.3, -0.25) is 4.79 Å². The molecule has 0 spiro atoms. The molecule has 0 N–H and O–H groups in total. The fourth-order valence-electron chi connectivity index (χ4n) is 0.677. The van der Waals surface area contributed by atoms with Gasteiger partial charge in [-0.15, -0.1) is 11.8 Å². The Kier molecular flexibility index (Phi) is 3.40. The third-order valence-corrected chi connectivity index (χ3v) is 2.91. The molecule has 0 aromatic rings. The summed E-state index contributed by atoms with van der Waals surface area (Å²) in [5, 5.41) is 0.581. The van der Waals surface area contributed by atoms with Crippen LogP contribution in [0.15, 0.2) is 0 Å². The Bertz CT molecular complexity index is 141. The van der Waals surface area contributed by atoms with Gasteiger partial charge in [0, 0.05) is 5.92 Å². The minimum atomic E-state index is 0.184. The van der Waals surface area contributed by atoms with Crippen LogP contribution in [-0.4, -0.2) is 30.0 Å². The minimum Gasteiger partial charge on any atom is -0.379 e. The van der Waals surface area contributed by atoms with E-state index in [0.29, 0.717) is 16.8 Å². The van der Waals surface area contributed by atoms with E-state index in [4.69, 9.17) is 4.74 Å². The lowest BCUT2D eigenvalue weighted by molar-refractivity contribution is -0.119. The second-order valence-corrected chi connectivity index (χ2v) is 4.38. The molecule has 0 aliphatic carbocycles. The van der Waals surface area contributed by atoms with E-state index < -0.39 is 0 Å². The van der Waals surface area contributed by atoms with Crippen molar-refractivity contribution in [3.63, 3.8) is 0 Å². The molecule has 3 heteroatoms. The van der Waals surface area contributed by atoms with Crippen LogP contribution in [0, 0.1) is 5.92 Å². The van der Waals surface area contributed by atoms with Crippen LogP contribution in [0.2, 0.25) is 0 Å². The van der Waals surface area contributed by atoms with E-state index in [-0.39, 0.29) is 5.92 Å². The van der Waals surface area contributed by atoms with Gasteiger partial charge in [0.05, 0.1) is 24.2 Å². The van der Waals surface area contributed by atoms with Gasteiger partial charge in [-0.1, -0.05) is 13.8 Å². The fraction of sp³-hybridized carbons (Fsp3) is 0.875. The first-order valence-corrected chi connectivity index (χ1v) is 4.97. The van der Waals surface area contributed by atoms with Crippen LogP contribution in [0.4, 0.5) is 0 Å². The van der Waals surface area contributed by atoms with Crippen molar-refractivity contribution in [2.24, 2.45) is 5.92 Å². The SMILES string of the molecule is CC(C)C(=O)CSC1COC1. The van der Waals surface area contributed by atoms with Gasteiger partial charge in [0.1, 0.15) is 5.78 Å². The molecular weight excluding hydrogens is 160 g/mol. The highest BCUT2D eigenvalue weighted by Gasteiger charge is 2.20. The van der Waals surface area contributed by atoms with Gasteiger partial charge in [0.25, 0.3) is 0 Å². The third kappa shape index (κ3) is 2.83. The molecule has 1 saturated heterocycles. The van der Waals surface area contributed by atoms with Crippen molar-refractivity contribution >= 4 is 17.5 Å². The Morgan fingerprint density at radius 1 is 1.64 bits per heavy atom. The largest absolute Gasteiger partial charge is 0.379 e. The molecule has 0 saturated carbocycles.